The zero-order chi connectivity index (χ0) is 13.9. The lowest BCUT2D eigenvalue weighted by Gasteiger charge is -1.99. The van der Waals surface area contributed by atoms with E-state index < -0.39 is 0 Å². The van der Waals surface area contributed by atoms with Crippen LogP contribution >= 0.6 is 23.1 Å². The SMILES string of the molecule is Cc1cccc(SCc2noc(-c3sccc3O)n2)c1. The highest BCUT2D eigenvalue weighted by molar-refractivity contribution is 7.98. The molecule has 2 heterocycles. The highest BCUT2D eigenvalue weighted by atomic mass is 32.2. The van der Waals surface area contributed by atoms with E-state index in [2.05, 4.69) is 35.3 Å². The van der Waals surface area contributed by atoms with Gasteiger partial charge in [-0.05, 0) is 30.5 Å². The van der Waals surface area contributed by atoms with Gasteiger partial charge in [0.1, 0.15) is 10.6 Å². The summed E-state index contributed by atoms with van der Waals surface area (Å²) in [5.74, 6) is 1.81. The molecule has 20 heavy (non-hydrogen) atoms. The molecule has 0 saturated heterocycles. The van der Waals surface area contributed by atoms with E-state index in [0.29, 0.717) is 22.3 Å². The topological polar surface area (TPSA) is 59.2 Å². The molecule has 0 fully saturated rings. The summed E-state index contributed by atoms with van der Waals surface area (Å²) in [6.07, 6.45) is 0. The van der Waals surface area contributed by atoms with Crippen LogP contribution in [0.1, 0.15) is 11.4 Å². The average Bonchev–Trinajstić information content (AvgIpc) is 3.05. The molecule has 1 N–H and O–H groups in total. The quantitative estimate of drug-likeness (QED) is 0.735. The zero-order valence-electron chi connectivity index (χ0n) is 10.7. The van der Waals surface area contributed by atoms with E-state index in [1.165, 1.54) is 21.8 Å². The second-order valence-electron chi connectivity index (χ2n) is 4.26. The summed E-state index contributed by atoms with van der Waals surface area (Å²) in [5.41, 5.74) is 1.23. The summed E-state index contributed by atoms with van der Waals surface area (Å²) in [6, 6.07) is 9.89. The van der Waals surface area contributed by atoms with E-state index in [1.54, 1.807) is 23.2 Å². The molecule has 3 aromatic rings. The van der Waals surface area contributed by atoms with Crippen LogP contribution in [0.3, 0.4) is 0 Å². The molecule has 0 radical (unpaired) electrons. The van der Waals surface area contributed by atoms with Crippen LogP contribution in [-0.4, -0.2) is 15.2 Å². The molecular weight excluding hydrogens is 292 g/mol. The van der Waals surface area contributed by atoms with Gasteiger partial charge in [-0.25, -0.2) is 0 Å². The van der Waals surface area contributed by atoms with Crippen molar-refractivity contribution in [2.75, 3.05) is 0 Å². The van der Waals surface area contributed by atoms with Gasteiger partial charge in [-0.1, -0.05) is 22.9 Å². The first-order chi connectivity index (χ1) is 9.72. The van der Waals surface area contributed by atoms with Crippen LogP contribution in [0.5, 0.6) is 5.75 Å². The van der Waals surface area contributed by atoms with Gasteiger partial charge < -0.3 is 9.63 Å². The van der Waals surface area contributed by atoms with Crippen molar-refractivity contribution in [2.45, 2.75) is 17.6 Å². The maximum absolute atomic E-state index is 9.63. The molecule has 0 aliphatic rings. The monoisotopic (exact) mass is 304 g/mol. The van der Waals surface area contributed by atoms with Crippen LogP contribution < -0.4 is 0 Å². The van der Waals surface area contributed by atoms with Gasteiger partial charge in [-0.2, -0.15) is 4.98 Å². The zero-order valence-corrected chi connectivity index (χ0v) is 12.4. The molecule has 0 aliphatic heterocycles. The molecule has 1 aromatic carbocycles. The van der Waals surface area contributed by atoms with Gasteiger partial charge in [0.15, 0.2) is 5.82 Å². The second-order valence-corrected chi connectivity index (χ2v) is 6.22. The van der Waals surface area contributed by atoms with Crippen LogP contribution in [0, 0.1) is 6.92 Å². The van der Waals surface area contributed by atoms with E-state index >= 15 is 0 Å². The number of nitrogens with zero attached hydrogens (tertiary/aromatic N) is 2. The average molecular weight is 304 g/mol. The number of hydrogen-bond acceptors (Lipinski definition) is 6. The molecule has 0 atom stereocenters. The number of rotatable bonds is 4. The van der Waals surface area contributed by atoms with Crippen molar-refractivity contribution in [1.29, 1.82) is 0 Å². The third-order valence-electron chi connectivity index (χ3n) is 2.66. The predicted octanol–water partition coefficient (Wildman–Crippen LogP) is 4.10. The Kier molecular flexibility index (Phi) is 3.75. The minimum absolute atomic E-state index is 0.177. The molecule has 0 unspecified atom stereocenters. The molecule has 6 heteroatoms. The van der Waals surface area contributed by atoms with Gasteiger partial charge in [0.25, 0.3) is 5.89 Å². The van der Waals surface area contributed by atoms with Crippen LogP contribution in [-0.2, 0) is 5.75 Å². The lowest BCUT2D eigenvalue weighted by molar-refractivity contribution is 0.421. The summed E-state index contributed by atoms with van der Waals surface area (Å²) in [7, 11) is 0. The molecule has 2 aromatic heterocycles. The fourth-order valence-corrected chi connectivity index (χ4v) is 3.28. The second kappa shape index (κ2) is 5.68. The highest BCUT2D eigenvalue weighted by Gasteiger charge is 2.14. The third-order valence-corrected chi connectivity index (χ3v) is 4.55. The van der Waals surface area contributed by atoms with E-state index in [1.807, 2.05) is 6.07 Å². The molecule has 0 bridgehead atoms. The largest absolute Gasteiger partial charge is 0.506 e. The Balaban J connectivity index is 1.70. The number of thioether (sulfide) groups is 1. The minimum atomic E-state index is 0.177. The molecule has 3 rings (SSSR count). The van der Waals surface area contributed by atoms with Gasteiger partial charge in [0.2, 0.25) is 0 Å². The maximum atomic E-state index is 9.63. The van der Waals surface area contributed by atoms with Crippen molar-refractivity contribution in [3.8, 4) is 16.5 Å². The van der Waals surface area contributed by atoms with Gasteiger partial charge in [0, 0.05) is 4.90 Å². The van der Waals surface area contributed by atoms with Crippen LogP contribution in [0.25, 0.3) is 10.8 Å². The lowest BCUT2D eigenvalue weighted by atomic mass is 10.2. The number of aromatic nitrogens is 2. The molecule has 0 amide bonds. The minimum Gasteiger partial charge on any atom is -0.506 e. The number of hydrogen-bond donors (Lipinski definition) is 1. The van der Waals surface area contributed by atoms with Crippen molar-refractivity contribution in [2.24, 2.45) is 0 Å². The first-order valence-corrected chi connectivity index (χ1v) is 7.88. The summed E-state index contributed by atoms with van der Waals surface area (Å²) in [4.78, 5) is 6.09. The van der Waals surface area contributed by atoms with E-state index in [9.17, 15) is 5.11 Å². The Bertz CT molecular complexity index is 721. The van der Waals surface area contributed by atoms with Gasteiger partial charge in [-0.15, -0.1) is 23.1 Å². The summed E-state index contributed by atoms with van der Waals surface area (Å²) >= 11 is 3.04. The summed E-state index contributed by atoms with van der Waals surface area (Å²) < 4.78 is 5.18. The van der Waals surface area contributed by atoms with Gasteiger partial charge >= 0.3 is 0 Å². The molecule has 0 aliphatic carbocycles. The standard InChI is InChI=1S/C14H12N2O2S2/c1-9-3-2-4-10(7-9)20-8-12-15-14(18-16-12)13-11(17)5-6-19-13/h2-7,17H,8H2,1H3. The Labute approximate surface area is 124 Å². The fourth-order valence-electron chi connectivity index (χ4n) is 1.72. The van der Waals surface area contributed by atoms with E-state index in [0.717, 1.165) is 0 Å². The predicted molar refractivity (Wildman–Crippen MR) is 80.0 cm³/mol. The first kappa shape index (κ1) is 13.2. The highest BCUT2D eigenvalue weighted by Crippen LogP contribution is 2.33. The van der Waals surface area contributed by atoms with Crippen molar-refractivity contribution >= 4 is 23.1 Å². The molecule has 0 saturated carbocycles. The van der Waals surface area contributed by atoms with Gasteiger partial charge in [0.05, 0.1) is 5.75 Å². The van der Waals surface area contributed by atoms with Crippen molar-refractivity contribution in [1.82, 2.24) is 10.1 Å². The summed E-state index contributed by atoms with van der Waals surface area (Å²) in [6.45, 7) is 2.07. The molecular formula is C14H12N2O2S2. The number of aromatic hydroxyl groups is 1. The fraction of sp³-hybridized carbons (Fsp3) is 0.143. The van der Waals surface area contributed by atoms with Gasteiger partial charge in [-0.3, -0.25) is 0 Å². The molecule has 0 spiro atoms. The Hall–Kier alpha value is -1.79. The Morgan fingerprint density at radius 2 is 2.25 bits per heavy atom. The first-order valence-electron chi connectivity index (χ1n) is 6.01. The smallest absolute Gasteiger partial charge is 0.271 e. The third kappa shape index (κ3) is 2.86. The van der Waals surface area contributed by atoms with Crippen LogP contribution in [0.2, 0.25) is 0 Å². The van der Waals surface area contributed by atoms with Crippen LogP contribution in [0.15, 0.2) is 45.1 Å². The lowest BCUT2D eigenvalue weighted by Crippen LogP contribution is -1.84. The van der Waals surface area contributed by atoms with E-state index in [4.69, 9.17) is 4.52 Å². The normalized spacial score (nSPS) is 10.8. The summed E-state index contributed by atoms with van der Waals surface area (Å²) in [5, 5.41) is 15.4. The number of thiophene rings is 1. The molecule has 102 valence electrons. The Morgan fingerprint density at radius 1 is 1.35 bits per heavy atom. The van der Waals surface area contributed by atoms with Crippen LogP contribution in [0.4, 0.5) is 0 Å². The maximum Gasteiger partial charge on any atom is 0.271 e. The van der Waals surface area contributed by atoms with E-state index in [-0.39, 0.29) is 5.75 Å². The van der Waals surface area contributed by atoms with Crippen molar-refractivity contribution in [3.63, 3.8) is 0 Å². The van der Waals surface area contributed by atoms with Crippen molar-refractivity contribution < 1.29 is 9.63 Å². The number of benzene rings is 1. The molecule has 4 nitrogen and oxygen atoms in total. The Morgan fingerprint density at radius 3 is 3.00 bits per heavy atom. The number of aryl methyl sites for hydroxylation is 1. The van der Waals surface area contributed by atoms with Crippen molar-refractivity contribution in [3.05, 3.63) is 47.1 Å².